The van der Waals surface area contributed by atoms with E-state index in [0.717, 1.165) is 38.5 Å². The Morgan fingerprint density at radius 3 is 1.40 bits per heavy atom. The first-order chi connectivity index (χ1) is 28.1. The summed E-state index contributed by atoms with van der Waals surface area (Å²) in [6.45, 7) is 5.43. The van der Waals surface area contributed by atoms with Crippen LogP contribution in [0.5, 0.6) is 0 Å². The van der Waals surface area contributed by atoms with Crippen LogP contribution in [-0.4, -0.2) is 70.7 Å². The third kappa shape index (κ3) is 46.1. The highest BCUT2D eigenvalue weighted by atomic mass is 31.2. The summed E-state index contributed by atoms with van der Waals surface area (Å²) in [6.07, 6.45) is 49.1. The molecular weight excluding hydrogens is 746 g/mol. The molecule has 9 heteroatoms. The van der Waals surface area contributed by atoms with Crippen LogP contribution in [0.1, 0.15) is 226 Å². The molecule has 0 aromatic rings. The highest BCUT2D eigenvalue weighted by molar-refractivity contribution is 7.45. The molecule has 0 rings (SSSR count). The molecule has 0 N–H and O–H groups in total. The number of carbonyl (C=O) groups excluding carboxylic acids is 1. The van der Waals surface area contributed by atoms with Gasteiger partial charge in [0.2, 0.25) is 0 Å². The molecular formula is C49H96NO7P. The molecule has 0 aliphatic carbocycles. The average Bonchev–Trinajstić information content (AvgIpc) is 3.18. The molecule has 0 fully saturated rings. The van der Waals surface area contributed by atoms with Crippen molar-refractivity contribution in [2.75, 3.05) is 54.1 Å². The van der Waals surface area contributed by atoms with Crippen LogP contribution >= 0.6 is 7.82 Å². The molecule has 0 heterocycles. The molecule has 0 amide bonds. The third-order valence-corrected chi connectivity index (χ3v) is 11.7. The Hall–Kier alpha value is -1.02. The fourth-order valence-corrected chi connectivity index (χ4v) is 7.66. The number of carbonyl (C=O) groups is 1. The summed E-state index contributed by atoms with van der Waals surface area (Å²) >= 11 is 0. The van der Waals surface area contributed by atoms with Gasteiger partial charge in [0.25, 0.3) is 7.82 Å². The normalized spacial score (nSPS) is 13.8. The fourth-order valence-electron chi connectivity index (χ4n) is 6.93. The summed E-state index contributed by atoms with van der Waals surface area (Å²) in [7, 11) is 1.37. The molecule has 0 aromatic carbocycles. The number of ether oxygens (including phenoxy) is 2. The van der Waals surface area contributed by atoms with Crippen LogP contribution in [0, 0.1) is 0 Å². The van der Waals surface area contributed by atoms with Gasteiger partial charge in [-0.05, 0) is 44.9 Å². The Kier molecular flexibility index (Phi) is 41.9. The Bertz CT molecular complexity index is 983. The summed E-state index contributed by atoms with van der Waals surface area (Å²) in [6, 6.07) is 0. The van der Waals surface area contributed by atoms with Gasteiger partial charge < -0.3 is 27.9 Å². The van der Waals surface area contributed by atoms with E-state index in [2.05, 4.69) is 38.2 Å². The monoisotopic (exact) mass is 842 g/mol. The molecule has 0 spiro atoms. The largest absolute Gasteiger partial charge is 0.756 e. The summed E-state index contributed by atoms with van der Waals surface area (Å²) in [5, 5.41) is 0. The van der Waals surface area contributed by atoms with E-state index in [0.29, 0.717) is 24.1 Å². The van der Waals surface area contributed by atoms with E-state index in [4.69, 9.17) is 18.5 Å². The molecule has 2 unspecified atom stereocenters. The molecule has 0 aliphatic heterocycles. The first kappa shape index (κ1) is 57.0. The van der Waals surface area contributed by atoms with E-state index >= 15 is 0 Å². The molecule has 0 aliphatic rings. The van der Waals surface area contributed by atoms with E-state index in [1.807, 2.05) is 21.1 Å². The lowest BCUT2D eigenvalue weighted by Gasteiger charge is -2.28. The number of phosphoric ester groups is 1. The number of nitrogens with zero attached hydrogens (tertiary/aromatic N) is 1. The van der Waals surface area contributed by atoms with Crippen LogP contribution in [0.3, 0.4) is 0 Å². The van der Waals surface area contributed by atoms with Gasteiger partial charge in [0, 0.05) is 13.0 Å². The molecule has 2 atom stereocenters. The minimum absolute atomic E-state index is 0.0284. The van der Waals surface area contributed by atoms with Crippen molar-refractivity contribution in [2.24, 2.45) is 0 Å². The van der Waals surface area contributed by atoms with E-state index in [1.54, 1.807) is 0 Å². The van der Waals surface area contributed by atoms with Crippen molar-refractivity contribution in [3.05, 3.63) is 24.3 Å². The Labute approximate surface area is 360 Å². The molecule has 8 nitrogen and oxygen atoms in total. The molecule has 58 heavy (non-hydrogen) atoms. The minimum Gasteiger partial charge on any atom is -0.756 e. The number of quaternary nitrogens is 1. The van der Waals surface area contributed by atoms with Gasteiger partial charge in [-0.3, -0.25) is 9.36 Å². The SMILES string of the molecule is CCCCCCC/C=C\C/C=C\CCCCCCCCCCCCCCCC(=O)OC(COCCCCCCCCCCCCC)COP(=O)([O-])OCC[N+](C)(C)C. The number of rotatable bonds is 46. The van der Waals surface area contributed by atoms with Crippen LogP contribution in [0.2, 0.25) is 0 Å². The van der Waals surface area contributed by atoms with Gasteiger partial charge >= 0.3 is 5.97 Å². The highest BCUT2D eigenvalue weighted by Gasteiger charge is 2.20. The van der Waals surface area contributed by atoms with E-state index in [9.17, 15) is 14.3 Å². The zero-order chi connectivity index (χ0) is 42.7. The lowest BCUT2D eigenvalue weighted by atomic mass is 10.0. The van der Waals surface area contributed by atoms with E-state index in [1.165, 1.54) is 167 Å². The highest BCUT2D eigenvalue weighted by Crippen LogP contribution is 2.38. The van der Waals surface area contributed by atoms with Gasteiger partial charge in [0.1, 0.15) is 19.3 Å². The number of allylic oxidation sites excluding steroid dienone is 4. The first-order valence-corrected chi connectivity index (χ1v) is 26.0. The van der Waals surface area contributed by atoms with Crippen molar-refractivity contribution < 1.29 is 37.3 Å². The molecule has 0 radical (unpaired) electrons. The van der Waals surface area contributed by atoms with Crippen LogP contribution in [0.25, 0.3) is 0 Å². The van der Waals surface area contributed by atoms with E-state index in [-0.39, 0.29) is 25.8 Å². The summed E-state index contributed by atoms with van der Waals surface area (Å²) in [5.74, 6) is -0.332. The molecule has 0 saturated heterocycles. The maximum Gasteiger partial charge on any atom is 0.306 e. The lowest BCUT2D eigenvalue weighted by molar-refractivity contribution is -0.870. The first-order valence-electron chi connectivity index (χ1n) is 24.6. The van der Waals surface area contributed by atoms with E-state index < -0.39 is 13.9 Å². The summed E-state index contributed by atoms with van der Waals surface area (Å²) in [4.78, 5) is 25.1. The average molecular weight is 842 g/mol. The van der Waals surface area contributed by atoms with Gasteiger partial charge in [-0.2, -0.15) is 0 Å². The molecule has 0 bridgehead atoms. The predicted octanol–water partition coefficient (Wildman–Crippen LogP) is 14.1. The molecule has 0 aromatic heterocycles. The number of likely N-dealkylation sites (N-methyl/N-ethyl adjacent to an activating group) is 1. The van der Waals surface area contributed by atoms with Crippen molar-refractivity contribution >= 4 is 13.8 Å². The lowest BCUT2D eigenvalue weighted by Crippen LogP contribution is -2.37. The van der Waals surface area contributed by atoms with Crippen molar-refractivity contribution in [1.29, 1.82) is 0 Å². The number of unbranched alkanes of at least 4 members (excludes halogenated alkanes) is 28. The van der Waals surface area contributed by atoms with Crippen molar-refractivity contribution in [1.82, 2.24) is 0 Å². The zero-order valence-electron chi connectivity index (χ0n) is 39.0. The van der Waals surface area contributed by atoms with Crippen LogP contribution < -0.4 is 4.89 Å². The Morgan fingerprint density at radius 1 is 0.534 bits per heavy atom. The second-order valence-corrected chi connectivity index (χ2v) is 19.2. The number of hydrogen-bond donors (Lipinski definition) is 0. The number of hydrogen-bond acceptors (Lipinski definition) is 7. The summed E-state index contributed by atoms with van der Waals surface area (Å²) < 4.78 is 34.6. The molecule has 0 saturated carbocycles. The second-order valence-electron chi connectivity index (χ2n) is 17.8. The van der Waals surface area contributed by atoms with Gasteiger partial charge in [-0.25, -0.2) is 0 Å². The van der Waals surface area contributed by atoms with Gasteiger partial charge in [-0.1, -0.05) is 199 Å². The summed E-state index contributed by atoms with van der Waals surface area (Å²) in [5.41, 5.74) is 0. The smallest absolute Gasteiger partial charge is 0.306 e. The Balaban J connectivity index is 4.04. The zero-order valence-corrected chi connectivity index (χ0v) is 39.9. The van der Waals surface area contributed by atoms with Gasteiger partial charge in [0.05, 0.1) is 34.4 Å². The maximum atomic E-state index is 12.7. The van der Waals surface area contributed by atoms with Gasteiger partial charge in [0.15, 0.2) is 0 Å². The van der Waals surface area contributed by atoms with Crippen LogP contribution in [0.15, 0.2) is 24.3 Å². The van der Waals surface area contributed by atoms with Crippen molar-refractivity contribution in [3.8, 4) is 0 Å². The minimum atomic E-state index is -4.52. The second kappa shape index (κ2) is 42.7. The topological polar surface area (TPSA) is 94.1 Å². The quantitative estimate of drug-likeness (QED) is 0.0198. The number of phosphoric acid groups is 1. The van der Waals surface area contributed by atoms with Crippen molar-refractivity contribution in [2.45, 2.75) is 232 Å². The molecule has 344 valence electrons. The fraction of sp³-hybridized carbons (Fsp3) is 0.898. The van der Waals surface area contributed by atoms with Crippen LogP contribution in [0.4, 0.5) is 0 Å². The Morgan fingerprint density at radius 2 is 0.948 bits per heavy atom. The van der Waals surface area contributed by atoms with Gasteiger partial charge in [-0.15, -0.1) is 0 Å². The predicted molar refractivity (Wildman–Crippen MR) is 245 cm³/mol. The standard InChI is InChI=1S/C49H96NO7P/c1-6-8-10-12-14-16-18-19-20-21-22-23-24-25-26-27-28-29-30-31-32-34-36-38-40-42-49(51)57-48(47-56-58(52,53)55-45-43-50(3,4)5)46-54-44-41-39-37-35-33-17-15-13-11-9-7-2/h18-19,21-22,48H,6-17,20,23-47H2,1-5H3/b19-18-,22-21-. The van der Waals surface area contributed by atoms with Crippen molar-refractivity contribution in [3.63, 3.8) is 0 Å². The number of esters is 1. The van der Waals surface area contributed by atoms with Crippen LogP contribution in [-0.2, 0) is 27.9 Å². The maximum absolute atomic E-state index is 12.7. The third-order valence-electron chi connectivity index (χ3n) is 10.8.